The molecule has 66 valence electrons. The third kappa shape index (κ3) is 5.33. The summed E-state index contributed by atoms with van der Waals surface area (Å²) < 4.78 is 0. The van der Waals surface area contributed by atoms with Crippen molar-refractivity contribution in [1.82, 2.24) is 0 Å². The maximum absolute atomic E-state index is 10.4. The van der Waals surface area contributed by atoms with Crippen LogP contribution in [0.2, 0.25) is 0 Å². The molecule has 0 N–H and O–H groups in total. The Morgan fingerprint density at radius 2 is 1.71 bits per heavy atom. The Hall–Kier alpha value is 1.95. The van der Waals surface area contributed by atoms with Crippen LogP contribution < -0.4 is 113 Å². The second-order valence-corrected chi connectivity index (χ2v) is 2.78. The fraction of sp³-hybridized carbons (Fsp3) is 0.500. The molecule has 0 fully saturated rings. The Bertz CT molecular complexity index is 239. The Kier molecular flexibility index (Phi) is 11.8. The predicted molar refractivity (Wildman–Crippen MR) is 35.4 cm³/mol. The van der Waals surface area contributed by atoms with Crippen LogP contribution in [0.1, 0.15) is 12.8 Å². The fourth-order valence-electron chi connectivity index (χ4n) is 1.34. The van der Waals surface area contributed by atoms with Crippen molar-refractivity contribution in [3.05, 3.63) is 12.2 Å². The van der Waals surface area contributed by atoms with Crippen molar-refractivity contribution in [2.45, 2.75) is 12.8 Å². The molecule has 1 aliphatic carbocycles. The third-order valence-electron chi connectivity index (χ3n) is 2.00. The monoisotopic (exact) mass is 246 g/mol. The van der Waals surface area contributed by atoms with E-state index in [1.165, 1.54) is 6.08 Å². The van der Waals surface area contributed by atoms with E-state index in [0.717, 1.165) is 0 Å². The van der Waals surface area contributed by atoms with Gasteiger partial charge in [-0.25, -0.2) is 0 Å². The van der Waals surface area contributed by atoms with Crippen LogP contribution >= 0.6 is 0 Å². The van der Waals surface area contributed by atoms with Gasteiger partial charge in [0.15, 0.2) is 0 Å². The van der Waals surface area contributed by atoms with Gasteiger partial charge in [0.2, 0.25) is 0 Å². The van der Waals surface area contributed by atoms with Crippen molar-refractivity contribution in [3.63, 3.8) is 0 Å². The number of aliphatic carboxylic acids is 2. The van der Waals surface area contributed by atoms with Crippen LogP contribution in [0.15, 0.2) is 12.2 Å². The van der Waals surface area contributed by atoms with Gasteiger partial charge in [0, 0.05) is 23.8 Å². The van der Waals surface area contributed by atoms with Gasteiger partial charge in [0.25, 0.3) is 0 Å². The summed E-state index contributed by atoms with van der Waals surface area (Å²) in [5, 5.41) is 20.8. The number of carboxylic acid groups (broad SMARTS) is 2. The maximum atomic E-state index is 10.4. The molecule has 0 aromatic heterocycles. The zero-order chi connectivity index (χ0) is 9.14. The molecule has 0 amide bonds. The van der Waals surface area contributed by atoms with Gasteiger partial charge in [-0.1, -0.05) is 12.2 Å². The van der Waals surface area contributed by atoms with Gasteiger partial charge in [0.05, 0.1) is 0 Å². The number of hydrogen-bond donors (Lipinski definition) is 0. The van der Waals surface area contributed by atoms with Crippen LogP contribution in [0.5, 0.6) is 0 Å². The molecule has 1 aliphatic rings. The van der Waals surface area contributed by atoms with Crippen LogP contribution in [0, 0.1) is 11.8 Å². The molecule has 2 unspecified atom stereocenters. The van der Waals surface area contributed by atoms with E-state index in [1.807, 2.05) is 0 Å². The average molecular weight is 246 g/mol. The molecule has 0 radical (unpaired) electrons. The molecule has 2 atom stereocenters. The van der Waals surface area contributed by atoms with Gasteiger partial charge in [-0.05, 0) is 12.8 Å². The number of carboxylic acids is 2. The minimum Gasteiger partial charge on any atom is -0.550 e. The van der Waals surface area contributed by atoms with E-state index in [2.05, 4.69) is 0 Å². The molecular weight excluding hydrogens is 238 g/mol. The fourth-order valence-corrected chi connectivity index (χ4v) is 1.34. The molecule has 6 heteroatoms. The van der Waals surface area contributed by atoms with E-state index < -0.39 is 23.8 Å². The Labute approximate surface area is 167 Å². The van der Waals surface area contributed by atoms with E-state index in [9.17, 15) is 19.8 Å². The van der Waals surface area contributed by atoms with Crippen LogP contribution in [0.3, 0.4) is 0 Å². The SMILES string of the molecule is O=C([O-])C1C=CCCC1C(=O)[O-].[K+].[K+]. The topological polar surface area (TPSA) is 80.3 Å². The zero-order valence-corrected chi connectivity index (χ0v) is 14.6. The van der Waals surface area contributed by atoms with Crippen LogP contribution in [-0.2, 0) is 9.59 Å². The van der Waals surface area contributed by atoms with Crippen molar-refractivity contribution < 1.29 is 123 Å². The predicted octanol–water partition coefficient (Wildman–Crippen LogP) is -7.92. The minimum atomic E-state index is -1.35. The Morgan fingerprint density at radius 1 is 1.14 bits per heavy atom. The van der Waals surface area contributed by atoms with Gasteiger partial charge < -0.3 is 19.8 Å². The van der Waals surface area contributed by atoms with Gasteiger partial charge >= 0.3 is 103 Å². The molecule has 0 aromatic rings. The summed E-state index contributed by atoms with van der Waals surface area (Å²) in [6.45, 7) is 0. The summed E-state index contributed by atoms with van der Waals surface area (Å²) in [5.41, 5.74) is 0. The first-order chi connectivity index (χ1) is 5.63. The van der Waals surface area contributed by atoms with Crippen molar-refractivity contribution in [2.75, 3.05) is 0 Å². The molecule has 0 saturated heterocycles. The van der Waals surface area contributed by atoms with Crippen molar-refractivity contribution in [2.24, 2.45) is 11.8 Å². The van der Waals surface area contributed by atoms with E-state index in [4.69, 9.17) is 0 Å². The zero-order valence-electron chi connectivity index (χ0n) is 8.36. The smallest absolute Gasteiger partial charge is 0.550 e. The maximum Gasteiger partial charge on any atom is 1.00 e. The first-order valence-electron chi connectivity index (χ1n) is 3.71. The largest absolute Gasteiger partial charge is 1.00 e. The Balaban J connectivity index is 0. The quantitative estimate of drug-likeness (QED) is 0.358. The number of rotatable bonds is 2. The molecule has 0 aliphatic heterocycles. The molecule has 4 nitrogen and oxygen atoms in total. The van der Waals surface area contributed by atoms with E-state index in [0.29, 0.717) is 12.8 Å². The summed E-state index contributed by atoms with van der Waals surface area (Å²) in [6.07, 6.45) is 3.92. The third-order valence-corrected chi connectivity index (χ3v) is 2.00. The van der Waals surface area contributed by atoms with Gasteiger partial charge in [0.1, 0.15) is 0 Å². The first kappa shape index (κ1) is 18.3. The average Bonchev–Trinajstić information content (AvgIpc) is 2.04. The molecule has 1 rings (SSSR count). The minimum absolute atomic E-state index is 0. The summed E-state index contributed by atoms with van der Waals surface area (Å²) in [4.78, 5) is 20.8. The van der Waals surface area contributed by atoms with E-state index >= 15 is 0 Å². The molecule has 0 heterocycles. The van der Waals surface area contributed by atoms with Gasteiger partial charge in [-0.15, -0.1) is 0 Å². The molecule has 14 heavy (non-hydrogen) atoms. The number of hydrogen-bond acceptors (Lipinski definition) is 4. The van der Waals surface area contributed by atoms with Crippen LogP contribution in [0.25, 0.3) is 0 Å². The summed E-state index contributed by atoms with van der Waals surface area (Å²) in [5.74, 6) is -4.61. The van der Waals surface area contributed by atoms with Gasteiger partial charge in [-0.3, -0.25) is 0 Å². The van der Waals surface area contributed by atoms with Crippen LogP contribution in [-0.4, -0.2) is 11.9 Å². The number of carbonyl (C=O) groups excluding carboxylic acids is 2. The molecule has 0 spiro atoms. The van der Waals surface area contributed by atoms with E-state index in [-0.39, 0.29) is 103 Å². The van der Waals surface area contributed by atoms with E-state index in [1.54, 1.807) is 6.08 Å². The normalized spacial score (nSPS) is 24.3. The Morgan fingerprint density at radius 3 is 2.07 bits per heavy atom. The van der Waals surface area contributed by atoms with Crippen molar-refractivity contribution >= 4 is 11.9 Å². The number of carbonyl (C=O) groups is 2. The molecular formula is C8H8K2O4. The number of allylic oxidation sites excluding steroid dienone is 1. The summed E-state index contributed by atoms with van der Waals surface area (Å²) in [6, 6.07) is 0. The molecule has 0 aromatic carbocycles. The standard InChI is InChI=1S/C8H10O4.2K/c9-7(10)5-3-1-2-4-6(5)8(11)12;;/h1,3,5-6H,2,4H2,(H,9,10)(H,11,12);;/q;2*+1/p-2. The van der Waals surface area contributed by atoms with Crippen molar-refractivity contribution in [3.8, 4) is 0 Å². The molecule has 0 bridgehead atoms. The first-order valence-corrected chi connectivity index (χ1v) is 3.71. The second-order valence-electron chi connectivity index (χ2n) is 2.78. The molecule has 0 saturated carbocycles. The summed E-state index contributed by atoms with van der Waals surface area (Å²) in [7, 11) is 0. The second kappa shape index (κ2) is 9.03. The van der Waals surface area contributed by atoms with Crippen molar-refractivity contribution in [1.29, 1.82) is 0 Å². The van der Waals surface area contributed by atoms with Gasteiger partial charge in [-0.2, -0.15) is 0 Å². The van der Waals surface area contributed by atoms with Crippen LogP contribution in [0.4, 0.5) is 0 Å². The summed E-state index contributed by atoms with van der Waals surface area (Å²) >= 11 is 0.